The number of nitrogens with one attached hydrogen (secondary N) is 1. The van der Waals surface area contributed by atoms with Gasteiger partial charge in [0.1, 0.15) is 5.75 Å². The lowest BCUT2D eigenvalue weighted by Crippen LogP contribution is -2.12. The number of carbonyl (C=O) groups excluding carboxylic acids is 1. The highest BCUT2D eigenvalue weighted by Gasteiger charge is 2.14. The van der Waals surface area contributed by atoms with Crippen molar-refractivity contribution in [1.29, 1.82) is 0 Å². The Kier molecular flexibility index (Phi) is 5.04. The molecule has 1 aromatic carbocycles. The number of ether oxygens (including phenoxy) is 1. The van der Waals surface area contributed by atoms with E-state index in [9.17, 15) is 4.79 Å². The number of nitrogens with zero attached hydrogens (tertiary/aromatic N) is 3. The van der Waals surface area contributed by atoms with Gasteiger partial charge in [0.25, 0.3) is 5.91 Å². The molecule has 0 spiro atoms. The van der Waals surface area contributed by atoms with Crippen molar-refractivity contribution in [3.8, 4) is 17.6 Å². The normalized spacial score (nSPS) is 10.0. The number of anilines is 2. The first-order valence-corrected chi connectivity index (χ1v) is 7.99. The third-order valence-corrected chi connectivity index (χ3v) is 3.86. The van der Waals surface area contributed by atoms with E-state index in [-0.39, 0.29) is 11.9 Å². The molecule has 2 aromatic heterocycles. The first-order chi connectivity index (χ1) is 13.0. The Morgan fingerprint density at radius 1 is 1.22 bits per heavy atom. The number of methoxy groups -OCH3 is 1. The number of hydrogen-bond acceptors (Lipinski definition) is 7. The molecule has 8 nitrogen and oxygen atoms in total. The van der Waals surface area contributed by atoms with E-state index in [1.165, 1.54) is 19.5 Å². The second-order valence-electron chi connectivity index (χ2n) is 5.67. The number of aromatic nitrogens is 3. The van der Waals surface area contributed by atoms with Crippen LogP contribution in [0.2, 0.25) is 0 Å². The topological polar surface area (TPSA) is 116 Å². The summed E-state index contributed by atoms with van der Waals surface area (Å²) in [5.41, 5.74) is 8.50. The van der Waals surface area contributed by atoms with E-state index in [1.807, 2.05) is 6.92 Å². The van der Waals surface area contributed by atoms with Crippen molar-refractivity contribution < 1.29 is 14.1 Å². The summed E-state index contributed by atoms with van der Waals surface area (Å²) in [7, 11) is 1.53. The molecule has 0 radical (unpaired) electrons. The predicted octanol–water partition coefficient (Wildman–Crippen LogP) is 2.32. The molecule has 0 saturated heterocycles. The summed E-state index contributed by atoms with van der Waals surface area (Å²) < 4.78 is 10.4. The molecule has 27 heavy (non-hydrogen) atoms. The number of aryl methyl sites for hydroxylation is 1. The molecule has 0 aliphatic carbocycles. The van der Waals surface area contributed by atoms with Crippen LogP contribution in [-0.2, 0) is 0 Å². The maximum Gasteiger partial charge on any atom is 0.258 e. The molecule has 0 bridgehead atoms. The van der Waals surface area contributed by atoms with Crippen LogP contribution < -0.4 is 15.8 Å². The van der Waals surface area contributed by atoms with Gasteiger partial charge in [-0.05, 0) is 32.0 Å². The summed E-state index contributed by atoms with van der Waals surface area (Å²) in [6.07, 6.45) is 3.04. The second-order valence-corrected chi connectivity index (χ2v) is 5.67. The van der Waals surface area contributed by atoms with E-state index in [2.05, 4.69) is 32.3 Å². The molecule has 0 aliphatic rings. The molecule has 0 saturated carbocycles. The molecule has 3 N–H and O–H groups in total. The van der Waals surface area contributed by atoms with Crippen LogP contribution in [0.15, 0.2) is 35.1 Å². The molecular formula is C19H17N5O3. The van der Waals surface area contributed by atoms with Gasteiger partial charge >= 0.3 is 0 Å². The zero-order valence-corrected chi connectivity index (χ0v) is 15.0. The largest absolute Gasteiger partial charge is 0.495 e. The van der Waals surface area contributed by atoms with Gasteiger partial charge in [-0.25, -0.2) is 9.97 Å². The van der Waals surface area contributed by atoms with Crippen LogP contribution >= 0.6 is 0 Å². The summed E-state index contributed by atoms with van der Waals surface area (Å²) in [6, 6.07) is 4.96. The fraction of sp³-hybridized carbons (Fsp3) is 0.158. The Morgan fingerprint density at radius 2 is 1.96 bits per heavy atom. The molecule has 136 valence electrons. The van der Waals surface area contributed by atoms with Crippen LogP contribution in [0, 0.1) is 25.7 Å². The third-order valence-electron chi connectivity index (χ3n) is 3.86. The van der Waals surface area contributed by atoms with Crippen LogP contribution in [-0.4, -0.2) is 28.1 Å². The number of hydrogen-bond donors (Lipinski definition) is 2. The predicted molar refractivity (Wildman–Crippen MR) is 99.3 cm³/mol. The molecule has 0 unspecified atom stereocenters. The zero-order chi connectivity index (χ0) is 19.4. The standard InChI is InChI=1S/C19H17N5O3/c1-11-12(2)24-27-18(11)23-17(25)15-6-7-16(26-3)14(8-15)5-4-13-9-21-19(20)22-10-13/h6-10H,1-3H3,(H,23,25)(H2,20,21,22). The average Bonchev–Trinajstić information content (AvgIpc) is 2.99. The van der Waals surface area contributed by atoms with Crippen molar-refractivity contribution in [2.75, 3.05) is 18.2 Å². The van der Waals surface area contributed by atoms with E-state index in [0.29, 0.717) is 28.3 Å². The van der Waals surface area contributed by atoms with Crippen molar-refractivity contribution in [1.82, 2.24) is 15.1 Å². The van der Waals surface area contributed by atoms with Crippen molar-refractivity contribution in [2.45, 2.75) is 13.8 Å². The second kappa shape index (κ2) is 7.58. The maximum atomic E-state index is 12.5. The summed E-state index contributed by atoms with van der Waals surface area (Å²) in [5.74, 6) is 6.58. The zero-order valence-electron chi connectivity index (χ0n) is 15.0. The number of rotatable bonds is 3. The van der Waals surface area contributed by atoms with Crippen LogP contribution in [0.3, 0.4) is 0 Å². The number of benzene rings is 1. The molecule has 0 atom stereocenters. The lowest BCUT2D eigenvalue weighted by atomic mass is 10.1. The van der Waals surface area contributed by atoms with Crippen LogP contribution in [0.25, 0.3) is 0 Å². The Hall–Kier alpha value is -3.86. The molecule has 0 fully saturated rings. The Bertz CT molecular complexity index is 1050. The van der Waals surface area contributed by atoms with Gasteiger partial charge in [-0.3, -0.25) is 10.1 Å². The highest BCUT2D eigenvalue weighted by atomic mass is 16.5. The fourth-order valence-corrected chi connectivity index (χ4v) is 2.20. The van der Waals surface area contributed by atoms with E-state index < -0.39 is 0 Å². The number of carbonyl (C=O) groups is 1. The van der Waals surface area contributed by atoms with E-state index in [0.717, 1.165) is 11.3 Å². The molecule has 3 rings (SSSR count). The SMILES string of the molecule is COc1ccc(C(=O)Nc2onc(C)c2C)cc1C#Cc1cnc(N)nc1. The Balaban J connectivity index is 1.88. The monoisotopic (exact) mass is 363 g/mol. The Morgan fingerprint density at radius 3 is 2.59 bits per heavy atom. The van der Waals surface area contributed by atoms with Crippen molar-refractivity contribution in [3.05, 3.63) is 58.5 Å². The molecule has 0 aliphatic heterocycles. The van der Waals surface area contributed by atoms with Gasteiger partial charge in [-0.15, -0.1) is 0 Å². The van der Waals surface area contributed by atoms with Gasteiger partial charge in [0, 0.05) is 23.5 Å². The van der Waals surface area contributed by atoms with E-state index in [4.69, 9.17) is 15.0 Å². The van der Waals surface area contributed by atoms with Crippen molar-refractivity contribution >= 4 is 17.7 Å². The number of amides is 1. The van der Waals surface area contributed by atoms with Gasteiger partial charge in [-0.2, -0.15) is 0 Å². The summed E-state index contributed by atoms with van der Waals surface area (Å²) in [4.78, 5) is 20.3. The number of nitrogen functional groups attached to an aromatic ring is 1. The summed E-state index contributed by atoms with van der Waals surface area (Å²) >= 11 is 0. The van der Waals surface area contributed by atoms with E-state index >= 15 is 0 Å². The maximum absolute atomic E-state index is 12.5. The van der Waals surface area contributed by atoms with Gasteiger partial charge in [-0.1, -0.05) is 17.0 Å². The molecule has 1 amide bonds. The van der Waals surface area contributed by atoms with Crippen molar-refractivity contribution in [2.24, 2.45) is 0 Å². The smallest absolute Gasteiger partial charge is 0.258 e. The van der Waals surface area contributed by atoms with Gasteiger partial charge in [0.2, 0.25) is 11.8 Å². The summed E-state index contributed by atoms with van der Waals surface area (Å²) in [6.45, 7) is 3.62. The van der Waals surface area contributed by atoms with E-state index in [1.54, 1.807) is 25.1 Å². The third kappa shape index (κ3) is 4.04. The highest BCUT2D eigenvalue weighted by Crippen LogP contribution is 2.22. The number of nitrogens with two attached hydrogens (primary N) is 1. The van der Waals surface area contributed by atoms with Gasteiger partial charge < -0.3 is 15.0 Å². The summed E-state index contributed by atoms with van der Waals surface area (Å²) in [5, 5.41) is 6.53. The van der Waals surface area contributed by atoms with Crippen molar-refractivity contribution in [3.63, 3.8) is 0 Å². The lowest BCUT2D eigenvalue weighted by Gasteiger charge is -2.07. The molecule has 8 heteroatoms. The minimum atomic E-state index is -0.337. The molecule has 2 heterocycles. The van der Waals surface area contributed by atoms with Crippen LogP contribution in [0.5, 0.6) is 5.75 Å². The van der Waals surface area contributed by atoms with Gasteiger partial charge in [0.15, 0.2) is 0 Å². The molecule has 3 aromatic rings. The lowest BCUT2D eigenvalue weighted by molar-refractivity contribution is 0.102. The Labute approximate surface area is 155 Å². The fourth-order valence-electron chi connectivity index (χ4n) is 2.20. The van der Waals surface area contributed by atoms with Crippen LogP contribution in [0.1, 0.15) is 32.7 Å². The molecular weight excluding hydrogens is 346 g/mol. The highest BCUT2D eigenvalue weighted by molar-refractivity contribution is 6.04. The van der Waals surface area contributed by atoms with Gasteiger partial charge in [0.05, 0.1) is 23.9 Å². The minimum absolute atomic E-state index is 0.176. The quantitative estimate of drug-likeness (QED) is 0.686. The van der Waals surface area contributed by atoms with Crippen LogP contribution in [0.4, 0.5) is 11.8 Å². The minimum Gasteiger partial charge on any atom is -0.495 e. The average molecular weight is 363 g/mol. The first kappa shape index (κ1) is 17.9. The first-order valence-electron chi connectivity index (χ1n) is 7.99.